The Bertz CT molecular complexity index is 342. The minimum atomic E-state index is -0.532. The number of aliphatic hydroxyl groups is 1. The first-order valence-corrected chi connectivity index (χ1v) is 5.55. The Kier molecular flexibility index (Phi) is 2.79. The van der Waals surface area contributed by atoms with Crippen molar-refractivity contribution in [1.82, 2.24) is 0 Å². The lowest BCUT2D eigenvalue weighted by molar-refractivity contribution is 0.0406. The first kappa shape index (κ1) is 10.6. The maximum atomic E-state index is 13.0. The van der Waals surface area contributed by atoms with E-state index in [0.717, 1.165) is 12.8 Å². The maximum Gasteiger partial charge on any atom is 0.123 e. The zero-order chi connectivity index (χ0) is 10.9. The van der Waals surface area contributed by atoms with Gasteiger partial charge in [-0.05, 0) is 36.0 Å². The summed E-state index contributed by atoms with van der Waals surface area (Å²) in [5.41, 5.74) is 0.646. The van der Waals surface area contributed by atoms with E-state index in [-0.39, 0.29) is 11.2 Å². The highest BCUT2D eigenvalue weighted by Gasteiger charge is 2.36. The van der Waals surface area contributed by atoms with Crippen LogP contribution in [0.5, 0.6) is 0 Å². The third-order valence-corrected chi connectivity index (χ3v) is 3.57. The van der Waals surface area contributed by atoms with Gasteiger partial charge in [-0.25, -0.2) is 4.39 Å². The van der Waals surface area contributed by atoms with Gasteiger partial charge in [-0.1, -0.05) is 31.9 Å². The fourth-order valence-corrected chi connectivity index (χ4v) is 2.54. The Morgan fingerprint density at radius 1 is 1.33 bits per heavy atom. The van der Waals surface area contributed by atoms with Gasteiger partial charge in [0.25, 0.3) is 0 Å². The summed E-state index contributed by atoms with van der Waals surface area (Å²) < 4.78 is 13.0. The van der Waals surface area contributed by atoms with Crippen LogP contribution in [0.2, 0.25) is 0 Å². The van der Waals surface area contributed by atoms with Crippen molar-refractivity contribution in [3.63, 3.8) is 0 Å². The van der Waals surface area contributed by atoms with E-state index in [2.05, 4.69) is 6.92 Å². The predicted octanol–water partition coefficient (Wildman–Crippen LogP) is 3.44. The van der Waals surface area contributed by atoms with Gasteiger partial charge < -0.3 is 5.11 Å². The summed E-state index contributed by atoms with van der Waals surface area (Å²) in [5.74, 6) is -0.270. The molecule has 1 saturated carbocycles. The lowest BCUT2D eigenvalue weighted by atomic mass is 9.79. The molecule has 2 heteroatoms. The van der Waals surface area contributed by atoms with E-state index < -0.39 is 6.10 Å². The molecule has 0 saturated heterocycles. The standard InChI is InChI=1S/C13H17FO/c1-13(7-2-3-8-13)12(15)10-5-4-6-11(14)9-10/h4-6,9,12,15H,2-3,7-8H2,1H3. The summed E-state index contributed by atoms with van der Waals surface area (Å²) >= 11 is 0. The molecule has 1 N–H and O–H groups in total. The van der Waals surface area contributed by atoms with Crippen LogP contribution in [0.4, 0.5) is 4.39 Å². The van der Waals surface area contributed by atoms with Crippen molar-refractivity contribution in [3.05, 3.63) is 35.6 Å². The van der Waals surface area contributed by atoms with E-state index in [0.29, 0.717) is 5.56 Å². The molecule has 1 unspecified atom stereocenters. The second-order valence-corrected chi connectivity index (χ2v) is 4.82. The average molecular weight is 208 g/mol. The minimum Gasteiger partial charge on any atom is -0.388 e. The SMILES string of the molecule is CC1(C(O)c2cccc(F)c2)CCCC1. The Balaban J connectivity index is 2.23. The van der Waals surface area contributed by atoms with Crippen LogP contribution in [0.25, 0.3) is 0 Å². The summed E-state index contributed by atoms with van der Waals surface area (Å²) in [6.07, 6.45) is 3.87. The molecule has 1 atom stereocenters. The summed E-state index contributed by atoms with van der Waals surface area (Å²) in [5, 5.41) is 10.2. The van der Waals surface area contributed by atoms with E-state index in [9.17, 15) is 9.50 Å². The molecule has 0 radical (unpaired) electrons. The van der Waals surface area contributed by atoms with E-state index in [1.165, 1.54) is 25.0 Å². The van der Waals surface area contributed by atoms with Gasteiger partial charge in [0.15, 0.2) is 0 Å². The number of hydrogen-bond acceptors (Lipinski definition) is 1. The van der Waals surface area contributed by atoms with E-state index in [4.69, 9.17) is 0 Å². The van der Waals surface area contributed by atoms with Crippen LogP contribution in [0, 0.1) is 11.2 Å². The van der Waals surface area contributed by atoms with Crippen molar-refractivity contribution in [2.45, 2.75) is 38.7 Å². The van der Waals surface area contributed by atoms with E-state index in [1.54, 1.807) is 12.1 Å². The van der Waals surface area contributed by atoms with Crippen molar-refractivity contribution < 1.29 is 9.50 Å². The Labute approximate surface area is 89.9 Å². The van der Waals surface area contributed by atoms with Gasteiger partial charge in [0.05, 0.1) is 6.10 Å². The molecule has 1 aromatic rings. The van der Waals surface area contributed by atoms with Gasteiger partial charge in [0.1, 0.15) is 5.82 Å². The maximum absolute atomic E-state index is 13.0. The number of aliphatic hydroxyl groups excluding tert-OH is 1. The van der Waals surface area contributed by atoms with Crippen LogP contribution in [0.15, 0.2) is 24.3 Å². The van der Waals surface area contributed by atoms with Crippen LogP contribution in [-0.4, -0.2) is 5.11 Å². The molecule has 1 aliphatic rings. The molecule has 1 fully saturated rings. The molecule has 0 bridgehead atoms. The van der Waals surface area contributed by atoms with Gasteiger partial charge in [0, 0.05) is 0 Å². The summed E-state index contributed by atoms with van der Waals surface area (Å²) in [4.78, 5) is 0. The Morgan fingerprint density at radius 3 is 2.60 bits per heavy atom. The fourth-order valence-electron chi connectivity index (χ4n) is 2.54. The molecule has 1 aromatic carbocycles. The van der Waals surface area contributed by atoms with Crippen molar-refractivity contribution in [3.8, 4) is 0 Å². The van der Waals surface area contributed by atoms with E-state index >= 15 is 0 Å². The Morgan fingerprint density at radius 2 is 2.00 bits per heavy atom. The van der Waals surface area contributed by atoms with E-state index in [1.807, 2.05) is 0 Å². The second-order valence-electron chi connectivity index (χ2n) is 4.82. The van der Waals surface area contributed by atoms with Crippen LogP contribution in [-0.2, 0) is 0 Å². The highest BCUT2D eigenvalue weighted by atomic mass is 19.1. The predicted molar refractivity (Wildman–Crippen MR) is 57.9 cm³/mol. The monoisotopic (exact) mass is 208 g/mol. The van der Waals surface area contributed by atoms with Gasteiger partial charge in [-0.2, -0.15) is 0 Å². The number of halogens is 1. The van der Waals surface area contributed by atoms with Crippen LogP contribution < -0.4 is 0 Å². The second kappa shape index (κ2) is 3.93. The minimum absolute atomic E-state index is 0.0617. The largest absolute Gasteiger partial charge is 0.388 e. The average Bonchev–Trinajstić information content (AvgIpc) is 2.65. The molecule has 2 rings (SSSR count). The first-order valence-electron chi connectivity index (χ1n) is 5.55. The molecular formula is C13H17FO. The molecule has 1 aliphatic carbocycles. The molecule has 0 heterocycles. The van der Waals surface area contributed by atoms with Crippen molar-refractivity contribution >= 4 is 0 Å². The lowest BCUT2D eigenvalue weighted by Crippen LogP contribution is -2.21. The molecule has 0 aromatic heterocycles. The van der Waals surface area contributed by atoms with Crippen LogP contribution in [0.3, 0.4) is 0 Å². The van der Waals surface area contributed by atoms with Crippen molar-refractivity contribution in [2.24, 2.45) is 5.41 Å². The molecular weight excluding hydrogens is 191 g/mol. The number of rotatable bonds is 2. The van der Waals surface area contributed by atoms with Gasteiger partial charge in [0.2, 0.25) is 0 Å². The molecule has 1 nitrogen and oxygen atoms in total. The molecule has 0 spiro atoms. The third kappa shape index (κ3) is 2.05. The van der Waals surface area contributed by atoms with Crippen LogP contribution >= 0.6 is 0 Å². The number of benzene rings is 1. The smallest absolute Gasteiger partial charge is 0.123 e. The number of hydrogen-bond donors (Lipinski definition) is 1. The fraction of sp³-hybridized carbons (Fsp3) is 0.538. The lowest BCUT2D eigenvalue weighted by Gasteiger charge is -2.30. The van der Waals surface area contributed by atoms with Gasteiger partial charge >= 0.3 is 0 Å². The Hall–Kier alpha value is -0.890. The zero-order valence-corrected chi connectivity index (χ0v) is 9.04. The van der Waals surface area contributed by atoms with Crippen molar-refractivity contribution in [2.75, 3.05) is 0 Å². The third-order valence-electron chi connectivity index (χ3n) is 3.57. The van der Waals surface area contributed by atoms with Crippen LogP contribution in [0.1, 0.15) is 44.3 Å². The first-order chi connectivity index (χ1) is 7.12. The molecule has 82 valence electrons. The summed E-state index contributed by atoms with van der Waals surface area (Å²) in [7, 11) is 0. The zero-order valence-electron chi connectivity index (χ0n) is 9.04. The molecule has 0 aliphatic heterocycles. The molecule has 0 amide bonds. The summed E-state index contributed by atoms with van der Waals surface area (Å²) in [6, 6.07) is 6.31. The quantitative estimate of drug-likeness (QED) is 0.789. The van der Waals surface area contributed by atoms with Crippen molar-refractivity contribution in [1.29, 1.82) is 0 Å². The summed E-state index contributed by atoms with van der Waals surface area (Å²) in [6.45, 7) is 2.09. The van der Waals surface area contributed by atoms with Gasteiger partial charge in [-0.15, -0.1) is 0 Å². The van der Waals surface area contributed by atoms with Gasteiger partial charge in [-0.3, -0.25) is 0 Å². The topological polar surface area (TPSA) is 20.2 Å². The highest BCUT2D eigenvalue weighted by molar-refractivity contribution is 5.21. The molecule has 15 heavy (non-hydrogen) atoms. The normalized spacial score (nSPS) is 21.5. The highest BCUT2D eigenvalue weighted by Crippen LogP contribution is 2.47.